The molecule has 2 heterocycles. The van der Waals surface area contributed by atoms with Crippen molar-refractivity contribution in [3.05, 3.63) is 136 Å². The highest BCUT2D eigenvalue weighted by Crippen LogP contribution is 2.41. The molecule has 0 amide bonds. The van der Waals surface area contributed by atoms with E-state index in [-0.39, 0.29) is 23.4 Å². The van der Waals surface area contributed by atoms with Gasteiger partial charge in [0.2, 0.25) is 0 Å². The molecular formula is C42H49BrN4O3. The fourth-order valence-corrected chi connectivity index (χ4v) is 5.64. The van der Waals surface area contributed by atoms with E-state index in [9.17, 15) is 5.11 Å². The highest BCUT2D eigenvalue weighted by atomic mass is 79.9. The number of phenols is 1. The minimum Gasteiger partial charge on any atom is -0.505 e. The number of benzene rings is 4. The van der Waals surface area contributed by atoms with Crippen molar-refractivity contribution in [1.29, 1.82) is 0 Å². The number of aromatic hydroxyl groups is 1. The van der Waals surface area contributed by atoms with E-state index in [1.807, 2.05) is 86.8 Å². The molecule has 2 N–H and O–H groups in total. The lowest BCUT2D eigenvalue weighted by Gasteiger charge is -2.23. The Labute approximate surface area is 305 Å². The summed E-state index contributed by atoms with van der Waals surface area (Å²) in [4.78, 5) is 0. The number of methoxy groups -OCH3 is 1. The lowest BCUT2D eigenvalue weighted by atomic mass is 9.84. The van der Waals surface area contributed by atoms with E-state index in [1.165, 1.54) is 5.56 Å². The Morgan fingerprint density at radius 3 is 1.78 bits per heavy atom. The van der Waals surface area contributed by atoms with E-state index >= 15 is 0 Å². The number of aromatic nitrogens is 4. The fourth-order valence-electron chi connectivity index (χ4n) is 5.06. The van der Waals surface area contributed by atoms with Gasteiger partial charge in [-0.2, -0.15) is 10.2 Å². The molecule has 7 nitrogen and oxygen atoms in total. The largest absolute Gasteiger partial charge is 0.505 e. The summed E-state index contributed by atoms with van der Waals surface area (Å²) >= 11 is 3.64. The van der Waals surface area contributed by atoms with E-state index < -0.39 is 0 Å². The van der Waals surface area contributed by atoms with Gasteiger partial charge in [-0.15, -0.1) is 0 Å². The average Bonchev–Trinajstić information content (AvgIpc) is 3.75. The number of halogens is 1. The molecule has 0 spiro atoms. The van der Waals surface area contributed by atoms with Crippen LogP contribution in [0.3, 0.4) is 0 Å². The molecule has 0 unspecified atom stereocenters. The molecule has 0 bridgehead atoms. The van der Waals surface area contributed by atoms with Gasteiger partial charge in [-0.05, 0) is 99.3 Å². The second-order valence-electron chi connectivity index (χ2n) is 14.2. The molecule has 0 fully saturated rings. The summed E-state index contributed by atoms with van der Waals surface area (Å²) in [6.45, 7) is 17.3. The number of ether oxygens (including phenoxy) is 2. The zero-order chi connectivity index (χ0) is 36.5. The first-order valence-electron chi connectivity index (χ1n) is 16.6. The van der Waals surface area contributed by atoms with Gasteiger partial charge in [0.25, 0.3) is 0 Å². The van der Waals surface area contributed by atoms with E-state index in [0.29, 0.717) is 5.69 Å². The number of nitrogens with zero attached hydrogens (tertiary/aromatic N) is 3. The zero-order valence-corrected chi connectivity index (χ0v) is 32.2. The molecule has 0 aliphatic rings. The Hall–Kier alpha value is -4.66. The summed E-state index contributed by atoms with van der Waals surface area (Å²) in [5, 5.41) is 21.7. The summed E-state index contributed by atoms with van der Waals surface area (Å²) < 4.78 is 13.5. The van der Waals surface area contributed by atoms with Gasteiger partial charge in [0, 0.05) is 36.3 Å². The van der Waals surface area contributed by atoms with Crippen LogP contribution in [0.15, 0.2) is 114 Å². The standard InChI is InChI=1S/C20H22N2O.C18H21BrO2.C4H6N2/c1-14-10-11-22(21-14)18-13-16(20(2,3)4)12-17(19(18)23)15-8-6-5-7-9-15;1-18(2,3)14-10-15(13-8-6-5-7-9-13)17(16(19)11-14)21-12-20-4;1-4-2-3-5-6-4/h5-13,23H,1-4H3;5-11H,12H2,1-4H3;2-3H,1H3,(H,5,6). The molecule has 6 rings (SSSR count). The molecule has 0 saturated carbocycles. The number of hydrogen-bond donors (Lipinski definition) is 2. The molecule has 0 radical (unpaired) electrons. The summed E-state index contributed by atoms with van der Waals surface area (Å²) in [5.41, 5.74) is 9.27. The first-order chi connectivity index (χ1) is 23.7. The van der Waals surface area contributed by atoms with E-state index in [1.54, 1.807) is 18.0 Å². The molecule has 4 aromatic carbocycles. The molecule has 8 heteroatoms. The SMILES string of the molecule is COCOc1c(Br)cc(C(C)(C)C)cc1-c1ccccc1.Cc1ccn(-c2cc(C(C)(C)C)cc(-c3ccccc3)c2O)n1.Cc1ccn[nH]1. The summed E-state index contributed by atoms with van der Waals surface area (Å²) in [6, 6.07) is 32.5. The smallest absolute Gasteiger partial charge is 0.188 e. The van der Waals surface area contributed by atoms with Crippen molar-refractivity contribution in [1.82, 2.24) is 20.0 Å². The number of phenolic OH excluding ortho intramolecular Hbond substituents is 1. The Bertz CT molecular complexity index is 1940. The van der Waals surface area contributed by atoms with Crippen LogP contribution in [0.5, 0.6) is 11.5 Å². The molecular weight excluding hydrogens is 688 g/mol. The van der Waals surface area contributed by atoms with Gasteiger partial charge in [-0.1, -0.05) is 102 Å². The molecule has 0 atom stereocenters. The van der Waals surface area contributed by atoms with Crippen molar-refractivity contribution in [3.63, 3.8) is 0 Å². The maximum atomic E-state index is 10.8. The highest BCUT2D eigenvalue weighted by molar-refractivity contribution is 9.10. The van der Waals surface area contributed by atoms with Gasteiger partial charge in [-0.3, -0.25) is 5.10 Å². The first-order valence-corrected chi connectivity index (χ1v) is 17.4. The molecule has 0 aliphatic heterocycles. The van der Waals surface area contributed by atoms with Crippen molar-refractivity contribution in [3.8, 4) is 39.4 Å². The Morgan fingerprint density at radius 2 is 1.32 bits per heavy atom. The van der Waals surface area contributed by atoms with Gasteiger partial charge < -0.3 is 14.6 Å². The van der Waals surface area contributed by atoms with Gasteiger partial charge in [0.05, 0.1) is 10.2 Å². The number of H-pyrrole nitrogens is 1. The van der Waals surface area contributed by atoms with Gasteiger partial charge in [0.1, 0.15) is 17.2 Å². The summed E-state index contributed by atoms with van der Waals surface area (Å²) in [5.74, 6) is 1.07. The Kier molecular flexibility index (Phi) is 12.8. The van der Waals surface area contributed by atoms with E-state index in [2.05, 4.69) is 103 Å². The van der Waals surface area contributed by atoms with Crippen LogP contribution < -0.4 is 4.74 Å². The third-order valence-corrected chi connectivity index (χ3v) is 8.55. The average molecular weight is 738 g/mol. The van der Waals surface area contributed by atoms with Gasteiger partial charge >= 0.3 is 0 Å². The third-order valence-electron chi connectivity index (χ3n) is 7.97. The van der Waals surface area contributed by atoms with Crippen LogP contribution in [-0.2, 0) is 15.6 Å². The summed E-state index contributed by atoms with van der Waals surface area (Å²) in [7, 11) is 1.62. The van der Waals surface area contributed by atoms with Crippen LogP contribution in [-0.4, -0.2) is 39.0 Å². The molecule has 0 aliphatic carbocycles. The predicted octanol–water partition coefficient (Wildman–Crippen LogP) is 11.0. The maximum Gasteiger partial charge on any atom is 0.188 e. The molecule has 6 aromatic rings. The van der Waals surface area contributed by atoms with E-state index in [0.717, 1.165) is 49.4 Å². The third kappa shape index (κ3) is 10.2. The Balaban J connectivity index is 0.000000193. The highest BCUT2D eigenvalue weighted by Gasteiger charge is 2.21. The number of aryl methyl sites for hydroxylation is 2. The van der Waals surface area contributed by atoms with Crippen LogP contribution in [0, 0.1) is 13.8 Å². The van der Waals surface area contributed by atoms with Gasteiger partial charge in [-0.25, -0.2) is 4.68 Å². The molecule has 2 aromatic heterocycles. The summed E-state index contributed by atoms with van der Waals surface area (Å²) in [6.07, 6.45) is 3.61. The van der Waals surface area contributed by atoms with Crippen molar-refractivity contribution >= 4 is 15.9 Å². The zero-order valence-electron chi connectivity index (χ0n) is 30.6. The van der Waals surface area contributed by atoms with Crippen molar-refractivity contribution < 1.29 is 14.6 Å². The first kappa shape index (κ1) is 38.1. The monoisotopic (exact) mass is 736 g/mol. The van der Waals surface area contributed by atoms with Crippen molar-refractivity contribution in [2.45, 2.75) is 66.2 Å². The lowest BCUT2D eigenvalue weighted by molar-refractivity contribution is 0.0510. The van der Waals surface area contributed by atoms with Crippen molar-refractivity contribution in [2.75, 3.05) is 13.9 Å². The van der Waals surface area contributed by atoms with Crippen LogP contribution in [0.25, 0.3) is 27.9 Å². The number of aromatic amines is 1. The predicted molar refractivity (Wildman–Crippen MR) is 208 cm³/mol. The van der Waals surface area contributed by atoms with Crippen LogP contribution in [0.1, 0.15) is 64.1 Å². The number of hydrogen-bond acceptors (Lipinski definition) is 5. The van der Waals surface area contributed by atoms with E-state index in [4.69, 9.17) is 9.47 Å². The molecule has 50 heavy (non-hydrogen) atoms. The normalized spacial score (nSPS) is 11.2. The Morgan fingerprint density at radius 1 is 0.760 bits per heavy atom. The number of rotatable bonds is 6. The fraction of sp³-hybridized carbons (Fsp3) is 0.286. The molecule has 0 saturated heterocycles. The van der Waals surface area contributed by atoms with Crippen molar-refractivity contribution in [2.24, 2.45) is 0 Å². The minimum absolute atomic E-state index is 0.0197. The molecule has 262 valence electrons. The van der Waals surface area contributed by atoms with Crippen LogP contribution >= 0.6 is 15.9 Å². The second-order valence-corrected chi connectivity index (χ2v) is 15.0. The minimum atomic E-state index is -0.0197. The number of nitrogens with one attached hydrogen (secondary N) is 1. The quantitative estimate of drug-likeness (QED) is 0.166. The van der Waals surface area contributed by atoms with Crippen LogP contribution in [0.2, 0.25) is 0 Å². The maximum absolute atomic E-state index is 10.8. The topological polar surface area (TPSA) is 85.2 Å². The second kappa shape index (κ2) is 16.8. The van der Waals surface area contributed by atoms with Gasteiger partial charge in [0.15, 0.2) is 6.79 Å². The lowest BCUT2D eigenvalue weighted by Crippen LogP contribution is -2.12. The van der Waals surface area contributed by atoms with Crippen LogP contribution in [0.4, 0.5) is 0 Å².